The van der Waals surface area contributed by atoms with E-state index in [1.807, 2.05) is 0 Å². The minimum atomic E-state index is -1.17. The predicted molar refractivity (Wildman–Crippen MR) is 63.9 cm³/mol. The summed E-state index contributed by atoms with van der Waals surface area (Å²) in [5.41, 5.74) is 0.653. The molecule has 0 unspecified atom stereocenters. The maximum absolute atomic E-state index is 11.4. The van der Waals surface area contributed by atoms with Gasteiger partial charge in [0.05, 0.1) is 5.69 Å². The molecule has 1 aromatic carbocycles. The van der Waals surface area contributed by atoms with E-state index >= 15 is 0 Å². The number of aromatic nitrogens is 2. The molecular formula is C12H12N2O4. The Morgan fingerprint density at radius 3 is 2.50 bits per heavy atom. The average molecular weight is 248 g/mol. The summed E-state index contributed by atoms with van der Waals surface area (Å²) in [7, 11) is 1.51. The van der Waals surface area contributed by atoms with Gasteiger partial charge in [-0.15, -0.1) is 0 Å². The van der Waals surface area contributed by atoms with Crippen LogP contribution in [0.2, 0.25) is 0 Å². The number of carboxylic acid groups (broad SMARTS) is 1. The number of aromatic hydroxyl groups is 1. The van der Waals surface area contributed by atoms with E-state index in [0.29, 0.717) is 12.1 Å². The second-order valence-corrected chi connectivity index (χ2v) is 3.96. The first kappa shape index (κ1) is 12.0. The van der Waals surface area contributed by atoms with Crippen LogP contribution in [0, 0.1) is 0 Å². The highest BCUT2D eigenvalue weighted by Gasteiger charge is 2.17. The number of imidazole rings is 1. The van der Waals surface area contributed by atoms with Gasteiger partial charge in [0.25, 0.3) is 0 Å². The van der Waals surface area contributed by atoms with Crippen molar-refractivity contribution < 1.29 is 15.0 Å². The van der Waals surface area contributed by atoms with Crippen LogP contribution >= 0.6 is 0 Å². The van der Waals surface area contributed by atoms with Gasteiger partial charge in [-0.1, -0.05) is 12.1 Å². The molecule has 0 bridgehead atoms. The van der Waals surface area contributed by atoms with Gasteiger partial charge in [0.2, 0.25) is 0 Å². The molecule has 1 aromatic heterocycles. The number of rotatable bonds is 3. The van der Waals surface area contributed by atoms with Crippen LogP contribution in [0.15, 0.2) is 29.1 Å². The number of carboxylic acids is 1. The fraction of sp³-hybridized carbons (Fsp3) is 0.167. The van der Waals surface area contributed by atoms with Gasteiger partial charge in [-0.3, -0.25) is 9.55 Å². The largest absolute Gasteiger partial charge is 0.508 e. The van der Waals surface area contributed by atoms with Gasteiger partial charge in [0, 0.05) is 13.5 Å². The number of aromatic carboxylic acids is 1. The third kappa shape index (κ3) is 2.13. The molecular weight excluding hydrogens is 236 g/mol. The van der Waals surface area contributed by atoms with Crippen LogP contribution in [0.5, 0.6) is 5.75 Å². The molecule has 0 atom stereocenters. The normalized spacial score (nSPS) is 10.5. The van der Waals surface area contributed by atoms with Crippen LogP contribution in [-0.2, 0) is 13.5 Å². The Bertz CT molecular complexity index is 637. The highest BCUT2D eigenvalue weighted by molar-refractivity contribution is 5.86. The molecule has 0 aliphatic heterocycles. The molecule has 2 aromatic rings. The van der Waals surface area contributed by atoms with E-state index in [-0.39, 0.29) is 11.4 Å². The van der Waals surface area contributed by atoms with Crippen molar-refractivity contribution in [1.82, 2.24) is 9.55 Å². The number of carbonyl (C=O) groups is 1. The van der Waals surface area contributed by atoms with Gasteiger partial charge in [0.15, 0.2) is 0 Å². The number of hydrogen-bond acceptors (Lipinski definition) is 3. The van der Waals surface area contributed by atoms with Crippen molar-refractivity contribution in [2.24, 2.45) is 7.05 Å². The second-order valence-electron chi connectivity index (χ2n) is 3.96. The van der Waals surface area contributed by atoms with Crippen LogP contribution in [0.3, 0.4) is 0 Å². The lowest BCUT2D eigenvalue weighted by atomic mass is 10.1. The number of hydrogen-bond donors (Lipinski definition) is 3. The van der Waals surface area contributed by atoms with Gasteiger partial charge in [-0.05, 0) is 17.7 Å². The van der Waals surface area contributed by atoms with Crippen LogP contribution in [-0.4, -0.2) is 25.7 Å². The third-order valence-electron chi connectivity index (χ3n) is 2.75. The van der Waals surface area contributed by atoms with Crippen molar-refractivity contribution in [2.45, 2.75) is 6.42 Å². The number of benzene rings is 1. The molecule has 0 spiro atoms. The minimum absolute atomic E-state index is 0.101. The molecule has 94 valence electrons. The number of aromatic amines is 1. The van der Waals surface area contributed by atoms with E-state index in [9.17, 15) is 9.59 Å². The highest BCUT2D eigenvalue weighted by atomic mass is 16.4. The molecule has 0 saturated carbocycles. The molecule has 0 radical (unpaired) electrons. The lowest BCUT2D eigenvalue weighted by Crippen LogP contribution is -2.14. The first-order valence-electron chi connectivity index (χ1n) is 5.28. The lowest BCUT2D eigenvalue weighted by molar-refractivity contribution is 0.0689. The Labute approximate surface area is 102 Å². The highest BCUT2D eigenvalue weighted by Crippen LogP contribution is 2.15. The maximum Gasteiger partial charge on any atom is 0.354 e. The maximum atomic E-state index is 11.4. The molecule has 2 rings (SSSR count). The Balaban J connectivity index is 2.42. The molecule has 6 nitrogen and oxygen atoms in total. The van der Waals surface area contributed by atoms with Gasteiger partial charge < -0.3 is 10.2 Å². The van der Waals surface area contributed by atoms with Gasteiger partial charge in [-0.25, -0.2) is 9.59 Å². The first-order chi connectivity index (χ1) is 8.49. The number of nitrogens with one attached hydrogen (secondary N) is 1. The Morgan fingerprint density at radius 2 is 1.94 bits per heavy atom. The first-order valence-corrected chi connectivity index (χ1v) is 5.28. The molecule has 0 aliphatic carbocycles. The van der Waals surface area contributed by atoms with Gasteiger partial charge in [-0.2, -0.15) is 0 Å². The van der Waals surface area contributed by atoms with Crippen LogP contribution in [0.1, 0.15) is 21.7 Å². The molecule has 0 aliphatic rings. The molecule has 3 N–H and O–H groups in total. The number of phenolic OH excluding ortho intramolecular Hbond substituents is 1. The number of phenols is 1. The van der Waals surface area contributed by atoms with Crippen molar-refractivity contribution in [2.75, 3.05) is 0 Å². The second kappa shape index (κ2) is 4.40. The summed E-state index contributed by atoms with van der Waals surface area (Å²) in [5, 5.41) is 18.2. The zero-order valence-electron chi connectivity index (χ0n) is 9.67. The SMILES string of the molecule is Cn1c(Cc2ccc(O)cc2)c(C(=O)O)[nH]c1=O. The fourth-order valence-corrected chi connectivity index (χ4v) is 1.74. The van der Waals surface area contributed by atoms with E-state index in [0.717, 1.165) is 5.56 Å². The minimum Gasteiger partial charge on any atom is -0.508 e. The monoisotopic (exact) mass is 248 g/mol. The smallest absolute Gasteiger partial charge is 0.354 e. The van der Waals surface area contributed by atoms with Gasteiger partial charge in [0.1, 0.15) is 11.4 Å². The summed E-state index contributed by atoms with van der Waals surface area (Å²) in [6, 6.07) is 6.39. The quantitative estimate of drug-likeness (QED) is 0.745. The van der Waals surface area contributed by atoms with Gasteiger partial charge >= 0.3 is 11.7 Å². The number of nitrogens with zero attached hydrogens (tertiary/aromatic N) is 1. The average Bonchev–Trinajstić information content (AvgIpc) is 2.60. The predicted octanol–water partition coefficient (Wildman–Crippen LogP) is 0.708. The lowest BCUT2D eigenvalue weighted by Gasteiger charge is -2.04. The van der Waals surface area contributed by atoms with Crippen molar-refractivity contribution in [3.05, 3.63) is 51.7 Å². The molecule has 18 heavy (non-hydrogen) atoms. The summed E-state index contributed by atoms with van der Waals surface area (Å²) in [5.74, 6) is -1.03. The topological polar surface area (TPSA) is 95.3 Å². The van der Waals surface area contributed by atoms with E-state index in [2.05, 4.69) is 4.98 Å². The van der Waals surface area contributed by atoms with Crippen molar-refractivity contribution in [1.29, 1.82) is 0 Å². The Kier molecular flexibility index (Phi) is 2.93. The number of H-pyrrole nitrogens is 1. The third-order valence-corrected chi connectivity index (χ3v) is 2.75. The molecule has 0 fully saturated rings. The molecule has 6 heteroatoms. The summed E-state index contributed by atoms with van der Waals surface area (Å²) in [6.07, 6.45) is 0.303. The summed E-state index contributed by atoms with van der Waals surface area (Å²) < 4.78 is 1.27. The fourth-order valence-electron chi connectivity index (χ4n) is 1.74. The summed E-state index contributed by atoms with van der Waals surface area (Å²) in [6.45, 7) is 0. The van der Waals surface area contributed by atoms with E-state index in [1.54, 1.807) is 12.1 Å². The summed E-state index contributed by atoms with van der Waals surface area (Å²) >= 11 is 0. The summed E-state index contributed by atoms with van der Waals surface area (Å²) in [4.78, 5) is 24.7. The van der Waals surface area contributed by atoms with Crippen molar-refractivity contribution in [3.63, 3.8) is 0 Å². The zero-order chi connectivity index (χ0) is 13.3. The Morgan fingerprint density at radius 1 is 1.33 bits per heavy atom. The molecule has 0 saturated heterocycles. The molecule has 0 amide bonds. The van der Waals surface area contributed by atoms with Crippen molar-refractivity contribution in [3.8, 4) is 5.75 Å². The van der Waals surface area contributed by atoms with E-state index in [1.165, 1.54) is 23.7 Å². The van der Waals surface area contributed by atoms with E-state index < -0.39 is 11.7 Å². The zero-order valence-corrected chi connectivity index (χ0v) is 9.67. The van der Waals surface area contributed by atoms with Crippen molar-refractivity contribution >= 4 is 5.97 Å². The standard InChI is InChI=1S/C12H12N2O4/c1-14-9(10(11(16)17)13-12(14)18)6-7-2-4-8(15)5-3-7/h2-5,15H,6H2,1H3,(H,13,18)(H,16,17). The van der Waals surface area contributed by atoms with Crippen LogP contribution in [0.25, 0.3) is 0 Å². The van der Waals surface area contributed by atoms with Crippen LogP contribution < -0.4 is 5.69 Å². The van der Waals surface area contributed by atoms with E-state index in [4.69, 9.17) is 10.2 Å². The Hall–Kier alpha value is -2.50. The van der Waals surface area contributed by atoms with Crippen LogP contribution in [0.4, 0.5) is 0 Å². The molecule has 1 heterocycles.